The molecule has 0 aromatic heterocycles. The highest BCUT2D eigenvalue weighted by atomic mass is 19.1. The Morgan fingerprint density at radius 2 is 1.80 bits per heavy atom. The molecular formula is C25H29FN4O5. The van der Waals surface area contributed by atoms with Crippen LogP contribution in [0.25, 0.3) is 0 Å². The minimum absolute atomic E-state index is 0.103. The summed E-state index contributed by atoms with van der Waals surface area (Å²) in [4.78, 5) is 41.6. The monoisotopic (exact) mass is 484 g/mol. The van der Waals surface area contributed by atoms with Crippen LogP contribution in [-0.4, -0.2) is 74.0 Å². The van der Waals surface area contributed by atoms with Gasteiger partial charge >= 0.3 is 0 Å². The molecule has 2 heterocycles. The van der Waals surface area contributed by atoms with Crippen LogP contribution in [0.5, 0.6) is 0 Å². The van der Waals surface area contributed by atoms with Gasteiger partial charge in [-0.1, -0.05) is 0 Å². The van der Waals surface area contributed by atoms with Crippen molar-refractivity contribution in [1.29, 1.82) is 0 Å². The lowest BCUT2D eigenvalue weighted by atomic mass is 10.1. The molecule has 1 atom stereocenters. The number of carbonyl (C=O) groups excluding carboxylic acids is 2. The Hall–Kier alpha value is -3.53. The van der Waals surface area contributed by atoms with Gasteiger partial charge in [0.15, 0.2) is 5.78 Å². The number of piperazine rings is 1. The second-order valence-corrected chi connectivity index (χ2v) is 8.90. The number of halogens is 1. The summed E-state index contributed by atoms with van der Waals surface area (Å²) in [6.45, 7) is 4.14. The van der Waals surface area contributed by atoms with Crippen molar-refractivity contribution < 1.29 is 23.6 Å². The summed E-state index contributed by atoms with van der Waals surface area (Å²) in [5.74, 6) is -0.958. The van der Waals surface area contributed by atoms with Crippen molar-refractivity contribution in [2.75, 3.05) is 56.2 Å². The minimum Gasteiger partial charge on any atom is -0.383 e. The van der Waals surface area contributed by atoms with Gasteiger partial charge in [0.25, 0.3) is 11.6 Å². The predicted molar refractivity (Wildman–Crippen MR) is 130 cm³/mol. The zero-order chi connectivity index (χ0) is 25.1. The number of ketones is 1. The zero-order valence-electron chi connectivity index (χ0n) is 19.9. The summed E-state index contributed by atoms with van der Waals surface area (Å²) in [6.07, 6.45) is 1.87. The molecule has 10 heteroatoms. The van der Waals surface area contributed by atoms with E-state index >= 15 is 0 Å². The highest BCUT2D eigenvalue weighted by molar-refractivity contribution is 6.01. The van der Waals surface area contributed by atoms with Gasteiger partial charge in [-0.15, -0.1) is 0 Å². The number of Topliss-reactive ketones (excluding diaryl/α,β-unsaturated/α-hetero) is 1. The average Bonchev–Trinajstić information content (AvgIpc) is 3.31. The third-order valence-corrected chi connectivity index (χ3v) is 6.73. The maximum Gasteiger partial charge on any atom is 0.270 e. The number of anilines is 2. The number of ether oxygens (including phenoxy) is 1. The Morgan fingerprint density at radius 3 is 2.43 bits per heavy atom. The molecule has 2 saturated heterocycles. The zero-order valence-corrected chi connectivity index (χ0v) is 19.9. The van der Waals surface area contributed by atoms with E-state index in [0.29, 0.717) is 55.3 Å². The van der Waals surface area contributed by atoms with Crippen molar-refractivity contribution in [2.24, 2.45) is 0 Å². The number of hydrogen-bond donors (Lipinski definition) is 0. The Bertz CT molecular complexity index is 1130. The summed E-state index contributed by atoms with van der Waals surface area (Å²) in [6, 6.07) is 8.96. The van der Waals surface area contributed by atoms with Crippen LogP contribution in [0.4, 0.5) is 21.5 Å². The van der Waals surface area contributed by atoms with Gasteiger partial charge in [-0.25, -0.2) is 4.39 Å². The molecule has 2 aliphatic heterocycles. The number of nitro benzene ring substituents is 1. The minimum atomic E-state index is -0.497. The molecule has 0 radical (unpaired) electrons. The fraction of sp³-hybridized carbons (Fsp3) is 0.440. The van der Waals surface area contributed by atoms with Crippen LogP contribution in [0.15, 0.2) is 36.4 Å². The average molecular weight is 485 g/mol. The van der Waals surface area contributed by atoms with Crippen molar-refractivity contribution in [1.82, 2.24) is 4.90 Å². The first-order chi connectivity index (χ1) is 16.8. The molecule has 4 rings (SSSR count). The summed E-state index contributed by atoms with van der Waals surface area (Å²) in [7, 11) is 1.63. The topological polar surface area (TPSA) is 96.2 Å². The fourth-order valence-corrected chi connectivity index (χ4v) is 4.88. The van der Waals surface area contributed by atoms with E-state index in [1.165, 1.54) is 25.1 Å². The van der Waals surface area contributed by atoms with Gasteiger partial charge in [0.2, 0.25) is 0 Å². The van der Waals surface area contributed by atoms with E-state index in [0.717, 1.165) is 19.4 Å². The highest BCUT2D eigenvalue weighted by Gasteiger charge is 2.32. The number of nitrogens with zero attached hydrogens (tertiary/aromatic N) is 4. The maximum atomic E-state index is 14.6. The molecule has 0 saturated carbocycles. The Kier molecular flexibility index (Phi) is 7.30. The number of benzene rings is 2. The number of nitro groups is 1. The molecule has 1 amide bonds. The standard InChI is InChI=1S/C25H29FN4O5/c1-17(31)18-5-7-24(22(26)14-18)27-10-12-28(13-11-27)25(32)21-15-19(30(33)34)6-8-23(21)29-9-3-4-20(29)16-35-2/h5-8,14-15,20H,3-4,9-13,16H2,1-2H3/t20-/m1/s1. The molecule has 35 heavy (non-hydrogen) atoms. The van der Waals surface area contributed by atoms with Crippen molar-refractivity contribution in [3.8, 4) is 0 Å². The van der Waals surface area contributed by atoms with Gasteiger partial charge in [-0.3, -0.25) is 19.7 Å². The van der Waals surface area contributed by atoms with Crippen LogP contribution in [0.3, 0.4) is 0 Å². The third-order valence-electron chi connectivity index (χ3n) is 6.73. The first-order valence-corrected chi connectivity index (χ1v) is 11.7. The van der Waals surface area contributed by atoms with Gasteiger partial charge in [0, 0.05) is 57.5 Å². The molecule has 0 aliphatic carbocycles. The lowest BCUT2D eigenvalue weighted by Gasteiger charge is -2.37. The normalized spacial score (nSPS) is 18.1. The molecular weight excluding hydrogens is 455 g/mol. The predicted octanol–water partition coefficient (Wildman–Crippen LogP) is 3.51. The molecule has 2 aliphatic rings. The number of rotatable bonds is 7. The molecule has 0 unspecified atom stereocenters. The molecule has 0 spiro atoms. The van der Waals surface area contributed by atoms with E-state index in [1.807, 2.05) is 4.90 Å². The van der Waals surface area contributed by atoms with E-state index in [-0.39, 0.29) is 23.4 Å². The van der Waals surface area contributed by atoms with Crippen molar-refractivity contribution in [3.05, 3.63) is 63.5 Å². The molecule has 0 N–H and O–H groups in total. The number of carbonyl (C=O) groups is 2. The summed E-state index contributed by atoms with van der Waals surface area (Å²) in [5.41, 5.74) is 1.54. The summed E-state index contributed by atoms with van der Waals surface area (Å²) < 4.78 is 19.9. The van der Waals surface area contributed by atoms with Crippen LogP contribution < -0.4 is 9.80 Å². The first-order valence-electron chi connectivity index (χ1n) is 11.7. The van der Waals surface area contributed by atoms with E-state index in [1.54, 1.807) is 30.2 Å². The smallest absolute Gasteiger partial charge is 0.270 e. The second kappa shape index (κ2) is 10.4. The van der Waals surface area contributed by atoms with Crippen molar-refractivity contribution in [2.45, 2.75) is 25.8 Å². The highest BCUT2D eigenvalue weighted by Crippen LogP contribution is 2.33. The molecule has 2 aromatic carbocycles. The largest absolute Gasteiger partial charge is 0.383 e. The molecule has 186 valence electrons. The molecule has 0 bridgehead atoms. The number of non-ortho nitro benzene ring substituents is 1. The SMILES string of the molecule is COC[C@H]1CCCN1c1ccc([N+](=O)[O-])cc1C(=O)N1CCN(c2ccc(C(C)=O)cc2F)CC1. The van der Waals surface area contributed by atoms with Gasteiger partial charge in [0.1, 0.15) is 5.82 Å². The van der Waals surface area contributed by atoms with Crippen LogP contribution in [0.2, 0.25) is 0 Å². The fourth-order valence-electron chi connectivity index (χ4n) is 4.88. The van der Waals surface area contributed by atoms with Gasteiger partial charge < -0.3 is 19.4 Å². The van der Waals surface area contributed by atoms with Gasteiger partial charge in [-0.2, -0.15) is 0 Å². The molecule has 2 aromatic rings. The van der Waals surface area contributed by atoms with Crippen LogP contribution in [0.1, 0.15) is 40.5 Å². The number of hydrogen-bond acceptors (Lipinski definition) is 7. The van der Waals surface area contributed by atoms with Gasteiger partial charge in [0.05, 0.1) is 34.5 Å². The maximum absolute atomic E-state index is 14.6. The second-order valence-electron chi connectivity index (χ2n) is 8.90. The van der Waals surface area contributed by atoms with E-state index in [2.05, 4.69) is 4.90 Å². The third kappa shape index (κ3) is 5.12. The van der Waals surface area contributed by atoms with E-state index in [9.17, 15) is 24.1 Å². The van der Waals surface area contributed by atoms with Crippen molar-refractivity contribution in [3.63, 3.8) is 0 Å². The lowest BCUT2D eigenvalue weighted by molar-refractivity contribution is -0.384. The molecule has 9 nitrogen and oxygen atoms in total. The molecule has 2 fully saturated rings. The van der Waals surface area contributed by atoms with Crippen LogP contribution in [-0.2, 0) is 4.74 Å². The van der Waals surface area contributed by atoms with Gasteiger partial charge in [-0.05, 0) is 44.0 Å². The van der Waals surface area contributed by atoms with Crippen molar-refractivity contribution >= 4 is 28.8 Å². The first kappa shape index (κ1) is 24.6. The quantitative estimate of drug-likeness (QED) is 0.337. The van der Waals surface area contributed by atoms with Crippen LogP contribution >= 0.6 is 0 Å². The van der Waals surface area contributed by atoms with E-state index < -0.39 is 10.7 Å². The summed E-state index contributed by atoms with van der Waals surface area (Å²) >= 11 is 0. The van der Waals surface area contributed by atoms with Crippen LogP contribution in [0, 0.1) is 15.9 Å². The Labute approximate surface area is 203 Å². The number of amides is 1. The summed E-state index contributed by atoms with van der Waals surface area (Å²) in [5, 5.41) is 11.4. The Morgan fingerprint density at radius 1 is 1.09 bits per heavy atom. The lowest BCUT2D eigenvalue weighted by Crippen LogP contribution is -2.49. The van der Waals surface area contributed by atoms with E-state index in [4.69, 9.17) is 4.74 Å². The number of methoxy groups -OCH3 is 1. The Balaban J connectivity index is 1.54.